The molecule has 0 unspecified atom stereocenters. The lowest BCUT2D eigenvalue weighted by Crippen LogP contribution is -2.64. The van der Waals surface area contributed by atoms with Crippen LogP contribution in [0.25, 0.3) is 0 Å². The minimum atomic E-state index is -2.18. The van der Waals surface area contributed by atoms with Gasteiger partial charge in [0, 0.05) is 30.6 Å². The largest absolute Gasteiger partial charge is 0.458 e. The van der Waals surface area contributed by atoms with Crippen LogP contribution in [0.1, 0.15) is 73.1 Å². The number of aliphatic hydroxyl groups is 3. The van der Waals surface area contributed by atoms with E-state index in [1.165, 1.54) is 13.0 Å². The minimum Gasteiger partial charge on any atom is -0.458 e. The van der Waals surface area contributed by atoms with E-state index < -0.39 is 58.7 Å². The van der Waals surface area contributed by atoms with Crippen LogP contribution in [-0.2, 0) is 23.9 Å². The molecule has 2 fully saturated rings. The van der Waals surface area contributed by atoms with Crippen LogP contribution in [0, 0.1) is 22.7 Å². The van der Waals surface area contributed by atoms with Gasteiger partial charge in [0.25, 0.3) is 0 Å². The smallest absolute Gasteiger partial charge is 0.306 e. The van der Waals surface area contributed by atoms with Crippen molar-refractivity contribution in [3.8, 4) is 0 Å². The highest BCUT2D eigenvalue weighted by molar-refractivity contribution is 5.95. The fourth-order valence-electron chi connectivity index (χ4n) is 7.43. The number of unbranched alkanes of at least 4 members (excludes halogenated alkanes) is 2. The molecule has 0 radical (unpaired) electrons. The van der Waals surface area contributed by atoms with Crippen molar-refractivity contribution in [3.05, 3.63) is 23.3 Å². The molecule has 0 aliphatic heterocycles. The normalized spacial score (nSPS) is 41.0. The van der Waals surface area contributed by atoms with Crippen molar-refractivity contribution in [2.75, 3.05) is 6.61 Å². The molecular weight excluding hydrogens is 452 g/mol. The highest BCUT2D eigenvalue weighted by Gasteiger charge is 2.82. The molecule has 7 atom stereocenters. The Balaban J connectivity index is 1.80. The third-order valence-corrected chi connectivity index (χ3v) is 9.19. The fraction of sp³-hybridized carbons (Fsp3) is 0.741. The number of allylic oxidation sites excluding steroid dienone is 1. The van der Waals surface area contributed by atoms with Crippen LogP contribution >= 0.6 is 0 Å². The van der Waals surface area contributed by atoms with Crippen LogP contribution in [0.5, 0.6) is 0 Å². The van der Waals surface area contributed by atoms with E-state index in [0.717, 1.165) is 12.8 Å². The molecule has 4 rings (SSSR count). The van der Waals surface area contributed by atoms with Crippen LogP contribution in [0.2, 0.25) is 0 Å². The average Bonchev–Trinajstić information content (AvgIpc) is 3.21. The summed E-state index contributed by atoms with van der Waals surface area (Å²) in [5.41, 5.74) is -4.56. The second-order valence-electron chi connectivity index (χ2n) is 11.4. The Bertz CT molecular complexity index is 995. The molecular formula is C27H38O8. The Labute approximate surface area is 206 Å². The first-order chi connectivity index (χ1) is 16.3. The highest BCUT2D eigenvalue weighted by atomic mass is 16.6. The van der Waals surface area contributed by atoms with Crippen molar-refractivity contribution >= 4 is 17.7 Å². The number of ketones is 1. The second-order valence-corrected chi connectivity index (χ2v) is 11.4. The first-order valence-electron chi connectivity index (χ1n) is 12.7. The summed E-state index contributed by atoms with van der Waals surface area (Å²) in [6, 6.07) is 0. The summed E-state index contributed by atoms with van der Waals surface area (Å²) in [6.45, 7) is 8.36. The molecule has 1 spiro atoms. The van der Waals surface area contributed by atoms with Gasteiger partial charge in [-0.1, -0.05) is 45.8 Å². The molecule has 0 aromatic carbocycles. The van der Waals surface area contributed by atoms with E-state index in [1.54, 1.807) is 13.0 Å². The van der Waals surface area contributed by atoms with Gasteiger partial charge in [0.1, 0.15) is 11.7 Å². The van der Waals surface area contributed by atoms with Gasteiger partial charge in [0.05, 0.1) is 12.0 Å². The van der Waals surface area contributed by atoms with E-state index in [4.69, 9.17) is 9.47 Å². The Hall–Kier alpha value is -2.03. The Morgan fingerprint density at radius 3 is 2.49 bits per heavy atom. The van der Waals surface area contributed by atoms with Crippen LogP contribution in [-0.4, -0.2) is 63.1 Å². The fourth-order valence-corrected chi connectivity index (χ4v) is 7.43. The summed E-state index contributed by atoms with van der Waals surface area (Å²) >= 11 is 0. The van der Waals surface area contributed by atoms with Crippen LogP contribution in [0.4, 0.5) is 0 Å². The molecule has 8 nitrogen and oxygen atoms in total. The lowest BCUT2D eigenvalue weighted by molar-refractivity contribution is -0.197. The molecule has 0 amide bonds. The Morgan fingerprint density at radius 2 is 1.89 bits per heavy atom. The van der Waals surface area contributed by atoms with Gasteiger partial charge in [-0.25, -0.2) is 0 Å². The van der Waals surface area contributed by atoms with Gasteiger partial charge in [0.2, 0.25) is 0 Å². The van der Waals surface area contributed by atoms with Crippen LogP contribution in [0.3, 0.4) is 0 Å². The Kier molecular flexibility index (Phi) is 6.34. The van der Waals surface area contributed by atoms with Crippen molar-refractivity contribution < 1.29 is 39.2 Å². The summed E-state index contributed by atoms with van der Waals surface area (Å²) < 4.78 is 11.6. The maximum atomic E-state index is 14.3. The van der Waals surface area contributed by atoms with Crippen molar-refractivity contribution in [1.82, 2.24) is 0 Å². The maximum absolute atomic E-state index is 14.3. The third kappa shape index (κ3) is 3.39. The summed E-state index contributed by atoms with van der Waals surface area (Å²) in [5.74, 6) is -2.42. The maximum Gasteiger partial charge on any atom is 0.306 e. The van der Waals surface area contributed by atoms with E-state index in [9.17, 15) is 29.7 Å². The van der Waals surface area contributed by atoms with E-state index >= 15 is 0 Å². The van der Waals surface area contributed by atoms with Gasteiger partial charge in [-0.05, 0) is 37.3 Å². The zero-order valence-corrected chi connectivity index (χ0v) is 21.3. The predicted molar refractivity (Wildman–Crippen MR) is 126 cm³/mol. The van der Waals surface area contributed by atoms with E-state index in [0.29, 0.717) is 18.4 Å². The van der Waals surface area contributed by atoms with Gasteiger partial charge in [-0.2, -0.15) is 0 Å². The molecule has 194 valence electrons. The molecule has 35 heavy (non-hydrogen) atoms. The number of carbonyl (C=O) groups excluding carboxylic acids is 3. The summed E-state index contributed by atoms with van der Waals surface area (Å²) in [6.07, 6.45) is 3.34. The predicted octanol–water partition coefficient (Wildman–Crippen LogP) is 2.39. The molecule has 0 aromatic heterocycles. The van der Waals surface area contributed by atoms with Crippen molar-refractivity contribution in [1.29, 1.82) is 0 Å². The van der Waals surface area contributed by atoms with E-state index in [2.05, 4.69) is 0 Å². The van der Waals surface area contributed by atoms with Gasteiger partial charge in [0.15, 0.2) is 17.5 Å². The SMILES string of the molecule is CCCCCC(=O)O[C@H]1C(C)=C[C@@]23CC[C@]4(OC(C)=O)[C@H]([C@H](C=C(CO)[C@@H](O)[C@]12O)C3=O)C4(C)C. The van der Waals surface area contributed by atoms with Gasteiger partial charge >= 0.3 is 11.9 Å². The molecule has 2 saturated carbocycles. The van der Waals surface area contributed by atoms with Crippen molar-refractivity contribution in [2.24, 2.45) is 22.7 Å². The van der Waals surface area contributed by atoms with Gasteiger partial charge in [-0.3, -0.25) is 14.4 Å². The van der Waals surface area contributed by atoms with Crippen LogP contribution < -0.4 is 0 Å². The molecule has 2 bridgehead atoms. The standard InChI is InChI=1S/C27H38O8/c1-6-7-8-9-19(30)34-23-15(2)13-25-10-11-26(35-16(3)29)20(24(26,4)5)18(22(25)32)12-17(14-28)21(31)27(23,25)33/h12-13,18,20-21,23,28,31,33H,6-11,14H2,1-5H3/t18-,20+,21+,23-,25+,26-,27-/m0/s1. The quantitative estimate of drug-likeness (QED) is 0.282. The Morgan fingerprint density at radius 1 is 1.20 bits per heavy atom. The first-order valence-corrected chi connectivity index (χ1v) is 12.7. The molecule has 4 aliphatic carbocycles. The van der Waals surface area contributed by atoms with E-state index in [-0.39, 0.29) is 30.1 Å². The number of esters is 2. The zero-order valence-electron chi connectivity index (χ0n) is 21.3. The zero-order chi connectivity index (χ0) is 26.0. The number of fused-ring (bicyclic) bond motifs is 3. The van der Waals surface area contributed by atoms with E-state index in [1.807, 2.05) is 20.8 Å². The lowest BCUT2D eigenvalue weighted by atomic mass is 9.63. The number of aliphatic hydroxyl groups excluding tert-OH is 2. The molecule has 3 N–H and O–H groups in total. The number of hydrogen-bond donors (Lipinski definition) is 3. The number of carbonyl (C=O) groups is 3. The van der Waals surface area contributed by atoms with Gasteiger partial charge in [-0.15, -0.1) is 0 Å². The number of rotatable bonds is 7. The average molecular weight is 491 g/mol. The highest BCUT2D eigenvalue weighted by Crippen LogP contribution is 2.74. The van der Waals surface area contributed by atoms with Crippen LogP contribution in [0.15, 0.2) is 23.3 Å². The lowest BCUT2D eigenvalue weighted by Gasteiger charge is -2.46. The summed E-state index contributed by atoms with van der Waals surface area (Å²) in [4.78, 5) is 39.0. The second kappa shape index (κ2) is 8.53. The topological polar surface area (TPSA) is 130 Å². The third-order valence-electron chi connectivity index (χ3n) is 9.19. The molecule has 0 aromatic rings. The van der Waals surface area contributed by atoms with Crippen molar-refractivity contribution in [3.63, 3.8) is 0 Å². The number of hydrogen-bond acceptors (Lipinski definition) is 8. The van der Waals surface area contributed by atoms with Crippen molar-refractivity contribution in [2.45, 2.75) is 96.6 Å². The summed E-state index contributed by atoms with van der Waals surface area (Å²) in [5, 5.41) is 33.8. The molecule has 4 aliphatic rings. The minimum absolute atomic E-state index is 0.101. The monoisotopic (exact) mass is 490 g/mol. The number of Topliss-reactive ketones (excluding diaryl/α,β-unsaturated/α-hetero) is 1. The molecule has 0 heterocycles. The van der Waals surface area contributed by atoms with Gasteiger partial charge < -0.3 is 24.8 Å². The summed E-state index contributed by atoms with van der Waals surface area (Å²) in [7, 11) is 0. The molecule has 0 saturated heterocycles. The molecule has 8 heteroatoms. The number of ether oxygens (including phenoxy) is 2. The first kappa shape index (κ1) is 26.0.